The van der Waals surface area contributed by atoms with Crippen LogP contribution in [0.1, 0.15) is 90.0 Å². The Balaban J connectivity index is 1.32. The zero-order valence-corrected chi connectivity index (χ0v) is 31.7. The van der Waals surface area contributed by atoms with Crippen molar-refractivity contribution in [2.24, 2.45) is 39.8 Å². The number of phenols is 1. The van der Waals surface area contributed by atoms with Crippen LogP contribution in [0.3, 0.4) is 0 Å². The monoisotopic (exact) mass is 720 g/mol. The molecular weight excluding hydrogens is 656 g/mol. The van der Waals surface area contributed by atoms with E-state index in [4.69, 9.17) is 20.2 Å². The molecule has 0 amide bonds. The molecule has 5 aliphatic heterocycles. The Hall–Kier alpha value is -3.04. The van der Waals surface area contributed by atoms with E-state index in [2.05, 4.69) is 39.2 Å². The van der Waals surface area contributed by atoms with E-state index in [0.717, 1.165) is 89.9 Å². The summed E-state index contributed by atoms with van der Waals surface area (Å²) in [6.45, 7) is 12.0. The number of hydrogen-bond acceptors (Lipinski definition) is 11. The number of rotatable bonds is 9. The van der Waals surface area contributed by atoms with Gasteiger partial charge in [0.2, 0.25) is 0 Å². The summed E-state index contributed by atoms with van der Waals surface area (Å²) >= 11 is 0. The van der Waals surface area contributed by atoms with Crippen molar-refractivity contribution in [1.29, 1.82) is 0 Å². The molecule has 1 aromatic carbocycles. The second-order valence-electron chi connectivity index (χ2n) is 16.5. The van der Waals surface area contributed by atoms with Crippen molar-refractivity contribution in [3.8, 4) is 23.3 Å². The second-order valence-corrected chi connectivity index (χ2v) is 16.5. The third kappa shape index (κ3) is 10.6. The van der Waals surface area contributed by atoms with Crippen LogP contribution in [0.4, 0.5) is 0 Å². The van der Waals surface area contributed by atoms with Crippen molar-refractivity contribution < 1.29 is 24.5 Å². The lowest BCUT2D eigenvalue weighted by Gasteiger charge is -2.47. The number of ether oxygens (including phenoxy) is 2. The minimum atomic E-state index is -0.659. The van der Waals surface area contributed by atoms with E-state index < -0.39 is 17.6 Å². The van der Waals surface area contributed by atoms with E-state index in [-0.39, 0.29) is 23.7 Å². The molecule has 52 heavy (non-hydrogen) atoms. The fraction of sp³-hybridized carbons (Fsp3) is 0.756. The molecule has 1 spiro atoms. The molecule has 3 fully saturated rings. The molecule has 7 atom stereocenters. The van der Waals surface area contributed by atoms with Gasteiger partial charge in [0.15, 0.2) is 17.5 Å². The third-order valence-electron chi connectivity index (χ3n) is 12.2. The van der Waals surface area contributed by atoms with Crippen LogP contribution >= 0.6 is 0 Å². The summed E-state index contributed by atoms with van der Waals surface area (Å²) in [5, 5.41) is 29.3. The first-order valence-electron chi connectivity index (χ1n) is 20.2. The van der Waals surface area contributed by atoms with E-state index in [1.165, 1.54) is 19.8 Å². The van der Waals surface area contributed by atoms with Gasteiger partial charge in [0, 0.05) is 65.0 Å². The van der Waals surface area contributed by atoms with Crippen molar-refractivity contribution in [3.05, 3.63) is 23.8 Å². The van der Waals surface area contributed by atoms with Gasteiger partial charge in [0.05, 0.1) is 18.2 Å². The van der Waals surface area contributed by atoms with Crippen molar-refractivity contribution in [2.45, 2.75) is 109 Å². The number of nitrogens with zero attached hydrogens (tertiary/aromatic N) is 3. The maximum Gasteiger partial charge on any atom is 0.302 e. The summed E-state index contributed by atoms with van der Waals surface area (Å²) in [5.41, 5.74) is 7.11. The number of esters is 1. The van der Waals surface area contributed by atoms with Gasteiger partial charge in [-0.2, -0.15) is 0 Å². The van der Waals surface area contributed by atoms with Crippen molar-refractivity contribution in [1.82, 2.24) is 20.4 Å². The van der Waals surface area contributed by atoms with Crippen LogP contribution in [0.5, 0.6) is 11.5 Å². The SMILES string of the molecule is CCCCCC1CN2CC3CC(CN(CN=C(N)NCC14C#CCC(Cc1ccc(O)c(OC5CCNCC5)c1)C(OC(C)=O)CC(O)CC4)C3)C2. The molecule has 0 saturated carbocycles. The number of aromatic hydroxyl groups is 1. The summed E-state index contributed by atoms with van der Waals surface area (Å²) in [6, 6.07) is 5.53. The maximum absolute atomic E-state index is 12.4. The average molecular weight is 721 g/mol. The Morgan fingerprint density at radius 1 is 1.08 bits per heavy atom. The number of hydrogen-bond donors (Lipinski definition) is 5. The molecule has 0 aromatic heterocycles. The van der Waals surface area contributed by atoms with Gasteiger partial charge in [-0.05, 0) is 93.5 Å². The summed E-state index contributed by atoms with van der Waals surface area (Å²) < 4.78 is 12.2. The van der Waals surface area contributed by atoms with E-state index in [1.807, 2.05) is 12.1 Å². The third-order valence-corrected chi connectivity index (χ3v) is 12.2. The molecule has 5 heterocycles. The van der Waals surface area contributed by atoms with Crippen LogP contribution in [0.15, 0.2) is 23.2 Å². The van der Waals surface area contributed by atoms with E-state index in [0.29, 0.717) is 68.4 Å². The number of aliphatic hydroxyl groups is 1. The lowest BCUT2D eigenvalue weighted by atomic mass is 9.68. The summed E-state index contributed by atoms with van der Waals surface area (Å²) in [5.74, 6) is 9.67. The minimum absolute atomic E-state index is 0.0503. The van der Waals surface area contributed by atoms with Crippen molar-refractivity contribution in [3.63, 3.8) is 0 Å². The highest BCUT2D eigenvalue weighted by atomic mass is 16.5. The first kappa shape index (κ1) is 38.7. The zero-order valence-electron chi connectivity index (χ0n) is 31.7. The second kappa shape index (κ2) is 18.3. The Kier molecular flexibility index (Phi) is 13.6. The Bertz CT molecular complexity index is 1410. The average Bonchev–Trinajstić information content (AvgIpc) is 3.12. The standard InChI is InChI=1S/C41H64N6O5/c1-3-4-5-8-34-26-46-22-31-18-32(23-46)25-47(24-31)28-45-40(42)44-27-41(34)14-6-7-33(38(51-29(2)48)21-35(49)11-15-41)19-30-9-10-37(50)39(20-30)52-36-12-16-43-17-13-36/h9-10,20,31-36,38,43,49-50H,3-5,7-8,11-13,15-19,21-28H2,1-2H3,(H3,42,44,45). The molecule has 6 N–H and O–H groups in total. The molecule has 7 rings (SSSR count). The van der Waals surface area contributed by atoms with Gasteiger partial charge in [-0.15, -0.1) is 5.92 Å². The molecule has 288 valence electrons. The molecule has 3 saturated heterocycles. The van der Waals surface area contributed by atoms with Gasteiger partial charge in [-0.1, -0.05) is 38.2 Å². The number of piperidine rings is 3. The van der Waals surface area contributed by atoms with Crippen LogP contribution in [0.2, 0.25) is 0 Å². The number of nitrogens with one attached hydrogen (secondary N) is 2. The summed E-state index contributed by atoms with van der Waals surface area (Å²) in [6.07, 6.45) is 9.22. The number of carbonyl (C=O) groups excluding carboxylic acids is 1. The number of benzene rings is 1. The quantitative estimate of drug-likeness (QED) is 0.145. The smallest absolute Gasteiger partial charge is 0.302 e. The van der Waals surface area contributed by atoms with Gasteiger partial charge in [-0.25, -0.2) is 4.99 Å². The number of aliphatic imine (C=N–C) groups is 1. The van der Waals surface area contributed by atoms with Crippen molar-refractivity contribution >= 4 is 11.9 Å². The van der Waals surface area contributed by atoms with Gasteiger partial charge in [-0.3, -0.25) is 9.69 Å². The van der Waals surface area contributed by atoms with Crippen LogP contribution in [-0.2, 0) is 16.0 Å². The topological polar surface area (TPSA) is 145 Å². The predicted octanol–water partition coefficient (Wildman–Crippen LogP) is 3.86. The molecule has 6 aliphatic rings. The molecular formula is C41H64N6O5. The van der Waals surface area contributed by atoms with Crippen LogP contribution in [0.25, 0.3) is 0 Å². The highest BCUT2D eigenvalue weighted by Crippen LogP contribution is 2.41. The maximum atomic E-state index is 12.4. The van der Waals surface area contributed by atoms with Gasteiger partial charge in [0.1, 0.15) is 12.2 Å². The zero-order chi connectivity index (χ0) is 36.5. The number of carbonyl (C=O) groups is 1. The fourth-order valence-electron chi connectivity index (χ4n) is 9.61. The first-order valence-corrected chi connectivity index (χ1v) is 20.2. The van der Waals surface area contributed by atoms with Gasteiger partial charge < -0.3 is 41.0 Å². The van der Waals surface area contributed by atoms with Gasteiger partial charge >= 0.3 is 5.97 Å². The highest BCUT2D eigenvalue weighted by Gasteiger charge is 2.42. The Morgan fingerprint density at radius 2 is 1.85 bits per heavy atom. The van der Waals surface area contributed by atoms with Crippen LogP contribution in [0, 0.1) is 40.9 Å². The van der Waals surface area contributed by atoms with E-state index >= 15 is 0 Å². The molecule has 11 heteroatoms. The molecule has 4 bridgehead atoms. The lowest BCUT2D eigenvalue weighted by molar-refractivity contribution is -0.151. The normalized spacial score (nSPS) is 34.4. The number of guanidine groups is 1. The number of nitrogens with two attached hydrogens (primary N) is 1. The predicted molar refractivity (Wildman–Crippen MR) is 204 cm³/mol. The molecule has 1 aliphatic carbocycles. The van der Waals surface area contributed by atoms with Gasteiger partial charge in [0.25, 0.3) is 0 Å². The number of unbranched alkanes of at least 4 members (excludes halogenated alkanes) is 2. The highest BCUT2D eigenvalue weighted by molar-refractivity contribution is 5.77. The van der Waals surface area contributed by atoms with Crippen LogP contribution < -0.4 is 21.1 Å². The van der Waals surface area contributed by atoms with Crippen LogP contribution in [-0.4, -0.2) is 109 Å². The van der Waals surface area contributed by atoms with E-state index in [9.17, 15) is 15.0 Å². The summed E-state index contributed by atoms with van der Waals surface area (Å²) in [4.78, 5) is 22.4. The summed E-state index contributed by atoms with van der Waals surface area (Å²) in [7, 11) is 0. The molecule has 7 unspecified atom stereocenters. The number of aliphatic hydroxyl groups excluding tert-OH is 1. The number of fused-ring (bicyclic) bond motifs is 4. The first-order chi connectivity index (χ1) is 25.2. The van der Waals surface area contributed by atoms with E-state index in [1.54, 1.807) is 6.07 Å². The number of phenolic OH excluding ortho intramolecular Hbond substituents is 1. The molecule has 11 nitrogen and oxygen atoms in total. The minimum Gasteiger partial charge on any atom is -0.504 e. The Morgan fingerprint density at radius 3 is 2.60 bits per heavy atom. The largest absolute Gasteiger partial charge is 0.504 e. The lowest BCUT2D eigenvalue weighted by Crippen LogP contribution is -2.54. The molecule has 1 aromatic rings. The fourth-order valence-corrected chi connectivity index (χ4v) is 9.61. The van der Waals surface area contributed by atoms with Crippen molar-refractivity contribution in [2.75, 3.05) is 59.0 Å². The Labute approximate surface area is 311 Å². The molecule has 0 radical (unpaired) electrons.